The van der Waals surface area contributed by atoms with Crippen molar-refractivity contribution in [3.8, 4) is 0 Å². The number of anilines is 1. The van der Waals surface area contributed by atoms with E-state index in [0.717, 1.165) is 12.4 Å². The highest BCUT2D eigenvalue weighted by atomic mass is 15.3. The summed E-state index contributed by atoms with van der Waals surface area (Å²) < 4.78 is 1.90. The zero-order valence-electron chi connectivity index (χ0n) is 4.91. The smallest absolute Gasteiger partial charge is 0.128 e. The lowest BCUT2D eigenvalue weighted by Crippen LogP contribution is -2.07. The molecule has 0 fully saturated rings. The van der Waals surface area contributed by atoms with Crippen molar-refractivity contribution in [1.82, 2.24) is 9.78 Å². The topological polar surface area (TPSA) is 29.9 Å². The second-order valence-corrected chi connectivity index (χ2v) is 1.95. The van der Waals surface area contributed by atoms with Crippen LogP contribution in [0.2, 0.25) is 0 Å². The lowest BCUT2D eigenvalue weighted by atomic mass is 10.5. The Morgan fingerprint density at radius 2 is 2.67 bits per heavy atom. The number of aromatic nitrogens is 2. The summed E-state index contributed by atoms with van der Waals surface area (Å²) in [4.78, 5) is 0. The van der Waals surface area contributed by atoms with Crippen LogP contribution in [0.15, 0.2) is 24.5 Å². The first kappa shape index (κ1) is 4.61. The van der Waals surface area contributed by atoms with Gasteiger partial charge in [0.25, 0.3) is 0 Å². The first-order valence-electron chi connectivity index (χ1n) is 2.90. The van der Waals surface area contributed by atoms with Crippen molar-refractivity contribution in [3.05, 3.63) is 24.5 Å². The number of hydrogen-bond acceptors (Lipinski definition) is 2. The molecule has 0 amide bonds. The predicted octanol–water partition coefficient (Wildman–Crippen LogP) is 0.822. The van der Waals surface area contributed by atoms with Crippen LogP contribution in [-0.2, 0) is 6.54 Å². The molecular formula is C6H7N3. The minimum absolute atomic E-state index is 0.884. The second kappa shape index (κ2) is 1.62. The first-order valence-corrected chi connectivity index (χ1v) is 2.90. The van der Waals surface area contributed by atoms with E-state index in [1.165, 1.54) is 0 Å². The van der Waals surface area contributed by atoms with Crippen LogP contribution < -0.4 is 5.32 Å². The highest BCUT2D eigenvalue weighted by Crippen LogP contribution is 2.08. The summed E-state index contributed by atoms with van der Waals surface area (Å²) in [5.41, 5.74) is 0. The third kappa shape index (κ3) is 0.614. The van der Waals surface area contributed by atoms with Crippen LogP contribution >= 0.6 is 0 Å². The Morgan fingerprint density at radius 1 is 1.67 bits per heavy atom. The Bertz CT molecular complexity index is 214. The fraction of sp³-hybridized carbons (Fsp3) is 0.167. The fourth-order valence-corrected chi connectivity index (χ4v) is 0.898. The van der Waals surface area contributed by atoms with Gasteiger partial charge in [-0.25, -0.2) is 4.68 Å². The van der Waals surface area contributed by atoms with E-state index in [4.69, 9.17) is 0 Å². The lowest BCUT2D eigenvalue weighted by Gasteiger charge is -2.07. The van der Waals surface area contributed by atoms with Crippen molar-refractivity contribution >= 4 is 5.82 Å². The van der Waals surface area contributed by atoms with Crippen LogP contribution in [0.4, 0.5) is 5.82 Å². The zero-order valence-corrected chi connectivity index (χ0v) is 4.91. The Kier molecular flexibility index (Phi) is 0.828. The molecule has 0 aliphatic carbocycles. The maximum absolute atomic E-state index is 4.06. The van der Waals surface area contributed by atoms with Crippen LogP contribution in [0, 0.1) is 0 Å². The van der Waals surface area contributed by atoms with Crippen LogP contribution in [-0.4, -0.2) is 9.78 Å². The molecule has 3 nitrogen and oxygen atoms in total. The van der Waals surface area contributed by atoms with Gasteiger partial charge in [-0.3, -0.25) is 0 Å². The number of nitrogens with zero attached hydrogens (tertiary/aromatic N) is 2. The second-order valence-electron chi connectivity index (χ2n) is 1.95. The number of nitrogens with one attached hydrogen (secondary N) is 1. The molecule has 1 aliphatic heterocycles. The molecule has 0 unspecified atom stereocenters. The number of allylic oxidation sites excluding steroid dienone is 1. The Morgan fingerprint density at radius 3 is 3.56 bits per heavy atom. The van der Waals surface area contributed by atoms with E-state index in [2.05, 4.69) is 10.4 Å². The van der Waals surface area contributed by atoms with E-state index in [-0.39, 0.29) is 0 Å². The third-order valence-electron chi connectivity index (χ3n) is 1.34. The minimum atomic E-state index is 0.884. The average Bonchev–Trinajstić information content (AvgIpc) is 2.33. The van der Waals surface area contributed by atoms with Crippen LogP contribution in [0.1, 0.15) is 0 Å². The maximum Gasteiger partial charge on any atom is 0.128 e. The maximum atomic E-state index is 4.06. The van der Waals surface area contributed by atoms with Gasteiger partial charge in [0, 0.05) is 12.3 Å². The summed E-state index contributed by atoms with van der Waals surface area (Å²) in [5.74, 6) is 1.07. The van der Waals surface area contributed by atoms with E-state index in [1.54, 1.807) is 6.20 Å². The van der Waals surface area contributed by atoms with Crippen molar-refractivity contribution < 1.29 is 0 Å². The Balaban J connectivity index is 2.46. The van der Waals surface area contributed by atoms with Gasteiger partial charge >= 0.3 is 0 Å². The monoisotopic (exact) mass is 121 g/mol. The molecule has 1 N–H and O–H groups in total. The standard InChI is InChI=1S/C6H7N3/c1-3-7-6-2-4-8-9(6)5-1/h1-4,7H,5H2. The Labute approximate surface area is 53.0 Å². The van der Waals surface area contributed by atoms with Gasteiger partial charge in [-0.15, -0.1) is 0 Å². The molecule has 9 heavy (non-hydrogen) atoms. The van der Waals surface area contributed by atoms with Gasteiger partial charge in [-0.2, -0.15) is 5.10 Å². The molecule has 0 saturated heterocycles. The minimum Gasteiger partial charge on any atom is -0.347 e. The summed E-state index contributed by atoms with van der Waals surface area (Å²) >= 11 is 0. The molecular weight excluding hydrogens is 114 g/mol. The van der Waals surface area contributed by atoms with Crippen LogP contribution in [0.3, 0.4) is 0 Å². The molecule has 0 aromatic carbocycles. The van der Waals surface area contributed by atoms with Gasteiger partial charge in [0.1, 0.15) is 5.82 Å². The fourth-order valence-electron chi connectivity index (χ4n) is 0.898. The number of hydrogen-bond donors (Lipinski definition) is 1. The normalized spacial score (nSPS) is 14.7. The molecule has 46 valence electrons. The summed E-state index contributed by atoms with van der Waals surface area (Å²) in [5, 5.41) is 7.12. The van der Waals surface area contributed by atoms with E-state index in [9.17, 15) is 0 Å². The molecule has 0 spiro atoms. The van der Waals surface area contributed by atoms with Gasteiger partial charge < -0.3 is 5.32 Å². The van der Waals surface area contributed by atoms with Gasteiger partial charge in [-0.05, 0) is 6.08 Å². The number of rotatable bonds is 0. The highest BCUT2D eigenvalue weighted by molar-refractivity contribution is 5.39. The van der Waals surface area contributed by atoms with E-state index < -0.39 is 0 Å². The predicted molar refractivity (Wildman–Crippen MR) is 35.0 cm³/mol. The average molecular weight is 121 g/mol. The van der Waals surface area contributed by atoms with Gasteiger partial charge in [0.05, 0.1) is 12.7 Å². The SMILES string of the molecule is C1=CNc2ccnn2C1. The summed E-state index contributed by atoms with van der Waals surface area (Å²) in [6.45, 7) is 0.884. The van der Waals surface area contributed by atoms with Crippen molar-refractivity contribution in [3.63, 3.8) is 0 Å². The highest BCUT2D eigenvalue weighted by Gasteiger charge is 2.00. The molecule has 2 rings (SSSR count). The largest absolute Gasteiger partial charge is 0.347 e. The molecule has 2 heterocycles. The molecule has 0 radical (unpaired) electrons. The molecule has 1 aromatic rings. The Hall–Kier alpha value is -1.25. The van der Waals surface area contributed by atoms with Crippen molar-refractivity contribution in [1.29, 1.82) is 0 Å². The van der Waals surface area contributed by atoms with Crippen molar-refractivity contribution in [2.45, 2.75) is 6.54 Å². The number of fused-ring (bicyclic) bond motifs is 1. The van der Waals surface area contributed by atoms with E-state index in [1.807, 2.05) is 23.0 Å². The molecule has 0 bridgehead atoms. The third-order valence-corrected chi connectivity index (χ3v) is 1.34. The van der Waals surface area contributed by atoms with E-state index in [0.29, 0.717) is 0 Å². The van der Waals surface area contributed by atoms with Crippen molar-refractivity contribution in [2.75, 3.05) is 5.32 Å². The quantitative estimate of drug-likeness (QED) is 0.550. The first-order chi connectivity index (χ1) is 4.47. The molecule has 0 atom stereocenters. The van der Waals surface area contributed by atoms with Crippen LogP contribution in [0.25, 0.3) is 0 Å². The van der Waals surface area contributed by atoms with Gasteiger partial charge in [0.15, 0.2) is 0 Å². The lowest BCUT2D eigenvalue weighted by molar-refractivity contribution is 0.700. The molecule has 1 aliphatic rings. The molecule has 0 saturated carbocycles. The summed E-state index contributed by atoms with van der Waals surface area (Å²) in [6, 6.07) is 1.95. The molecule has 3 heteroatoms. The van der Waals surface area contributed by atoms with Gasteiger partial charge in [0.2, 0.25) is 0 Å². The summed E-state index contributed by atoms with van der Waals surface area (Å²) in [7, 11) is 0. The summed E-state index contributed by atoms with van der Waals surface area (Å²) in [6.07, 6.45) is 5.74. The zero-order chi connectivity index (χ0) is 6.10. The van der Waals surface area contributed by atoms with Gasteiger partial charge in [-0.1, -0.05) is 0 Å². The molecule has 1 aromatic heterocycles. The van der Waals surface area contributed by atoms with Crippen molar-refractivity contribution in [2.24, 2.45) is 0 Å². The van der Waals surface area contributed by atoms with E-state index >= 15 is 0 Å². The van der Waals surface area contributed by atoms with Crippen LogP contribution in [0.5, 0.6) is 0 Å².